The number of nitrogens with zero attached hydrogens (tertiary/aromatic N) is 1. The number of hydrogen-bond acceptors (Lipinski definition) is 2. The summed E-state index contributed by atoms with van der Waals surface area (Å²) in [7, 11) is 0. The summed E-state index contributed by atoms with van der Waals surface area (Å²) >= 11 is 0. The lowest BCUT2D eigenvalue weighted by molar-refractivity contribution is -0.140. The summed E-state index contributed by atoms with van der Waals surface area (Å²) in [6.45, 7) is 6.58. The number of carbonyl (C=O) groups is 2. The summed E-state index contributed by atoms with van der Waals surface area (Å²) in [6.07, 6.45) is 0. The molecule has 0 heterocycles. The van der Waals surface area contributed by atoms with Gasteiger partial charge in [-0.1, -0.05) is 39.8 Å². The largest absolute Gasteiger partial charge is 0.481 e. The third kappa shape index (κ3) is 3.79. The number of carboxylic acid groups (broad SMARTS) is 1. The molecule has 0 aliphatic carbocycles. The molecule has 1 aromatic rings. The lowest BCUT2D eigenvalue weighted by Gasteiger charge is -2.31. The van der Waals surface area contributed by atoms with Gasteiger partial charge in [0.25, 0.3) is 0 Å². The molecule has 0 radical (unpaired) electrons. The predicted molar refractivity (Wildman–Crippen MR) is 75.0 cm³/mol. The topological polar surface area (TPSA) is 57.6 Å². The SMILES string of the molecule is CC(CN(C(=O)C(C)(C)C)c1ccccc1F)C(=O)O. The molecule has 0 bridgehead atoms. The zero-order valence-corrected chi connectivity index (χ0v) is 12.2. The van der Waals surface area contributed by atoms with Crippen LogP contribution in [-0.2, 0) is 9.59 Å². The van der Waals surface area contributed by atoms with Crippen LogP contribution in [0, 0.1) is 17.2 Å². The Balaban J connectivity index is 3.18. The van der Waals surface area contributed by atoms with Crippen LogP contribution >= 0.6 is 0 Å². The summed E-state index contributed by atoms with van der Waals surface area (Å²) in [4.78, 5) is 24.6. The van der Waals surface area contributed by atoms with Gasteiger partial charge in [0, 0.05) is 12.0 Å². The van der Waals surface area contributed by atoms with Gasteiger partial charge in [-0.15, -0.1) is 0 Å². The first-order valence-electron chi connectivity index (χ1n) is 6.44. The fourth-order valence-electron chi connectivity index (χ4n) is 1.72. The van der Waals surface area contributed by atoms with Crippen molar-refractivity contribution in [3.8, 4) is 0 Å². The highest BCUT2D eigenvalue weighted by molar-refractivity contribution is 5.97. The van der Waals surface area contributed by atoms with E-state index in [9.17, 15) is 14.0 Å². The maximum Gasteiger partial charge on any atom is 0.308 e. The molecule has 0 aliphatic rings. The molecule has 0 saturated heterocycles. The minimum Gasteiger partial charge on any atom is -0.481 e. The van der Waals surface area contributed by atoms with Crippen LogP contribution in [0.3, 0.4) is 0 Å². The van der Waals surface area contributed by atoms with Crippen molar-refractivity contribution in [2.75, 3.05) is 11.4 Å². The fourth-order valence-corrected chi connectivity index (χ4v) is 1.72. The predicted octanol–water partition coefficient (Wildman–Crippen LogP) is 2.93. The van der Waals surface area contributed by atoms with E-state index in [-0.39, 0.29) is 18.1 Å². The Hall–Kier alpha value is -1.91. The van der Waals surface area contributed by atoms with Gasteiger partial charge >= 0.3 is 5.97 Å². The molecule has 0 saturated carbocycles. The molecule has 1 N–H and O–H groups in total. The standard InChI is InChI=1S/C15H20FNO3/c1-10(13(18)19)9-17(14(20)15(2,3)4)12-8-6-5-7-11(12)16/h5-8,10H,9H2,1-4H3,(H,18,19). The molecular formula is C15H20FNO3. The average Bonchev–Trinajstić information content (AvgIpc) is 2.34. The van der Waals surface area contributed by atoms with Crippen molar-refractivity contribution >= 4 is 17.6 Å². The number of rotatable bonds is 4. The zero-order valence-electron chi connectivity index (χ0n) is 12.2. The first-order valence-corrected chi connectivity index (χ1v) is 6.44. The maximum absolute atomic E-state index is 13.9. The molecule has 1 aromatic carbocycles. The van der Waals surface area contributed by atoms with E-state index in [0.29, 0.717) is 0 Å². The summed E-state index contributed by atoms with van der Waals surface area (Å²) in [5.41, 5.74) is -0.610. The number of carbonyl (C=O) groups excluding carboxylic acids is 1. The molecule has 0 aromatic heterocycles. The number of anilines is 1. The van der Waals surface area contributed by atoms with E-state index < -0.39 is 23.1 Å². The zero-order chi connectivity index (χ0) is 15.5. The number of benzene rings is 1. The number of carboxylic acids is 1. The van der Waals surface area contributed by atoms with Crippen molar-refractivity contribution in [3.05, 3.63) is 30.1 Å². The molecule has 0 fully saturated rings. The number of aliphatic carboxylic acids is 1. The smallest absolute Gasteiger partial charge is 0.308 e. The van der Waals surface area contributed by atoms with Crippen molar-refractivity contribution in [1.29, 1.82) is 0 Å². The van der Waals surface area contributed by atoms with Gasteiger partial charge in [0.2, 0.25) is 5.91 Å². The first kappa shape index (κ1) is 16.1. The van der Waals surface area contributed by atoms with Crippen LogP contribution in [0.25, 0.3) is 0 Å². The van der Waals surface area contributed by atoms with E-state index >= 15 is 0 Å². The Labute approximate surface area is 118 Å². The summed E-state index contributed by atoms with van der Waals surface area (Å²) in [5.74, 6) is -2.65. The van der Waals surface area contributed by atoms with Gasteiger partial charge in [-0.2, -0.15) is 0 Å². The minimum absolute atomic E-state index is 0.0631. The van der Waals surface area contributed by atoms with Crippen molar-refractivity contribution in [3.63, 3.8) is 0 Å². The van der Waals surface area contributed by atoms with E-state index in [1.54, 1.807) is 26.8 Å². The van der Waals surface area contributed by atoms with Gasteiger partial charge in [0.05, 0.1) is 11.6 Å². The normalized spacial score (nSPS) is 12.8. The fraction of sp³-hybridized carbons (Fsp3) is 0.467. The Morgan fingerprint density at radius 2 is 1.85 bits per heavy atom. The molecule has 4 nitrogen and oxygen atoms in total. The average molecular weight is 281 g/mol. The third-order valence-corrected chi connectivity index (χ3v) is 2.91. The van der Waals surface area contributed by atoms with E-state index in [4.69, 9.17) is 5.11 Å². The van der Waals surface area contributed by atoms with Gasteiger partial charge < -0.3 is 10.0 Å². The molecule has 20 heavy (non-hydrogen) atoms. The van der Waals surface area contributed by atoms with Crippen molar-refractivity contribution in [2.24, 2.45) is 11.3 Å². The molecule has 0 aliphatic heterocycles. The molecule has 110 valence electrons. The number of para-hydroxylation sites is 1. The van der Waals surface area contributed by atoms with E-state index in [0.717, 1.165) is 0 Å². The van der Waals surface area contributed by atoms with Gasteiger partial charge in [0.1, 0.15) is 5.82 Å². The van der Waals surface area contributed by atoms with Gasteiger partial charge in [-0.3, -0.25) is 9.59 Å². The highest BCUT2D eigenvalue weighted by Gasteiger charge is 2.31. The molecule has 5 heteroatoms. The summed E-state index contributed by atoms with van der Waals surface area (Å²) in [5, 5.41) is 9.00. The van der Waals surface area contributed by atoms with Crippen molar-refractivity contribution in [1.82, 2.24) is 0 Å². The summed E-state index contributed by atoms with van der Waals surface area (Å²) in [6, 6.07) is 5.88. The van der Waals surface area contributed by atoms with Gasteiger partial charge in [-0.05, 0) is 12.1 Å². The Morgan fingerprint density at radius 3 is 2.30 bits per heavy atom. The van der Waals surface area contributed by atoms with Crippen LogP contribution in [0.4, 0.5) is 10.1 Å². The Kier molecular flexibility index (Phi) is 4.87. The van der Waals surface area contributed by atoms with Crippen LogP contribution in [0.15, 0.2) is 24.3 Å². The number of amides is 1. The second kappa shape index (κ2) is 6.03. The molecule has 0 spiro atoms. The third-order valence-electron chi connectivity index (χ3n) is 2.91. The maximum atomic E-state index is 13.9. The van der Waals surface area contributed by atoms with Crippen LogP contribution in [0.5, 0.6) is 0 Å². The number of halogens is 1. The molecule has 1 atom stereocenters. The Bertz CT molecular complexity index is 508. The second-order valence-electron chi connectivity index (χ2n) is 5.86. The lowest BCUT2D eigenvalue weighted by Crippen LogP contribution is -2.43. The highest BCUT2D eigenvalue weighted by Crippen LogP contribution is 2.26. The molecule has 1 amide bonds. The first-order chi connectivity index (χ1) is 9.14. The Morgan fingerprint density at radius 1 is 1.30 bits per heavy atom. The monoisotopic (exact) mass is 281 g/mol. The molecular weight excluding hydrogens is 261 g/mol. The molecule has 1 rings (SSSR count). The second-order valence-corrected chi connectivity index (χ2v) is 5.86. The summed E-state index contributed by atoms with van der Waals surface area (Å²) < 4.78 is 13.9. The molecule has 1 unspecified atom stereocenters. The van der Waals surface area contributed by atoms with Crippen LogP contribution in [0.2, 0.25) is 0 Å². The lowest BCUT2D eigenvalue weighted by atomic mass is 9.93. The van der Waals surface area contributed by atoms with Gasteiger partial charge in [0.15, 0.2) is 0 Å². The quantitative estimate of drug-likeness (QED) is 0.923. The van der Waals surface area contributed by atoms with E-state index in [2.05, 4.69) is 0 Å². The van der Waals surface area contributed by atoms with Crippen molar-refractivity contribution < 1.29 is 19.1 Å². The van der Waals surface area contributed by atoms with Crippen LogP contribution in [0.1, 0.15) is 27.7 Å². The van der Waals surface area contributed by atoms with Crippen LogP contribution < -0.4 is 4.90 Å². The highest BCUT2D eigenvalue weighted by atomic mass is 19.1. The van der Waals surface area contributed by atoms with Gasteiger partial charge in [-0.25, -0.2) is 4.39 Å². The number of hydrogen-bond donors (Lipinski definition) is 1. The van der Waals surface area contributed by atoms with Crippen molar-refractivity contribution in [2.45, 2.75) is 27.7 Å². The van der Waals surface area contributed by atoms with Crippen LogP contribution in [-0.4, -0.2) is 23.5 Å². The van der Waals surface area contributed by atoms with E-state index in [1.165, 1.54) is 30.0 Å². The van der Waals surface area contributed by atoms with E-state index in [1.807, 2.05) is 0 Å². The minimum atomic E-state index is -1.02.